The molecule has 0 unspecified atom stereocenters. The maximum absolute atomic E-state index is 12.2. The van der Waals surface area contributed by atoms with E-state index in [1.807, 2.05) is 37.6 Å². The number of piperazine rings is 1. The lowest BCUT2D eigenvalue weighted by Crippen LogP contribution is -2.50. The predicted octanol–water partition coefficient (Wildman–Crippen LogP) is 3.54. The first kappa shape index (κ1) is 21.4. The molecule has 0 atom stereocenters. The number of carbonyl (C=O) groups is 1. The van der Waals surface area contributed by atoms with E-state index in [2.05, 4.69) is 31.1 Å². The average molecular weight is 480 g/mol. The molecule has 1 aromatic heterocycles. The van der Waals surface area contributed by atoms with Crippen LogP contribution in [0.5, 0.6) is 5.75 Å². The summed E-state index contributed by atoms with van der Waals surface area (Å²) in [6.45, 7) is 11.0. The Morgan fingerprint density at radius 1 is 1.20 bits per heavy atom. The smallest absolute Gasteiger partial charge is 0.410 e. The minimum absolute atomic E-state index is 0.231. The van der Waals surface area contributed by atoms with E-state index < -0.39 is 5.60 Å². The minimum atomic E-state index is -0.459. The van der Waals surface area contributed by atoms with Gasteiger partial charge in [-0.25, -0.2) is 9.48 Å². The van der Waals surface area contributed by atoms with Crippen LogP contribution in [-0.4, -0.2) is 75.8 Å². The second-order valence-electron chi connectivity index (χ2n) is 9.12. The Morgan fingerprint density at radius 2 is 1.93 bits per heavy atom. The van der Waals surface area contributed by atoms with Crippen molar-refractivity contribution >= 4 is 33.1 Å². The van der Waals surface area contributed by atoms with Gasteiger partial charge in [0.05, 0.1) is 9.99 Å². The van der Waals surface area contributed by atoms with E-state index in [0.29, 0.717) is 19.7 Å². The summed E-state index contributed by atoms with van der Waals surface area (Å²) in [5.74, 6) is 1.54. The van der Waals surface area contributed by atoms with Crippen molar-refractivity contribution < 1.29 is 14.3 Å². The maximum Gasteiger partial charge on any atom is 0.410 e. The molecule has 1 saturated carbocycles. The van der Waals surface area contributed by atoms with Crippen molar-refractivity contribution in [1.82, 2.24) is 24.8 Å². The lowest BCUT2D eigenvalue weighted by Gasteiger charge is -2.35. The van der Waals surface area contributed by atoms with Crippen molar-refractivity contribution in [2.45, 2.75) is 45.8 Å². The Hall–Kier alpha value is -1.87. The van der Waals surface area contributed by atoms with E-state index in [4.69, 9.17) is 9.47 Å². The maximum atomic E-state index is 12.2. The molecule has 1 aliphatic carbocycles. The summed E-state index contributed by atoms with van der Waals surface area (Å²) in [7, 11) is 0. The summed E-state index contributed by atoms with van der Waals surface area (Å²) in [4.78, 5) is 16.3. The van der Waals surface area contributed by atoms with Crippen LogP contribution in [0.15, 0.2) is 16.6 Å². The van der Waals surface area contributed by atoms with Gasteiger partial charge in [-0.1, -0.05) is 5.21 Å². The predicted molar refractivity (Wildman–Crippen MR) is 118 cm³/mol. The number of nitrogens with zero attached hydrogens (tertiary/aromatic N) is 5. The molecular formula is C21H30BrN5O3. The fourth-order valence-electron chi connectivity index (χ4n) is 3.54. The Bertz CT molecular complexity index is 898. The molecule has 0 N–H and O–H groups in total. The Morgan fingerprint density at radius 3 is 2.60 bits per heavy atom. The van der Waals surface area contributed by atoms with Gasteiger partial charge in [-0.15, -0.1) is 5.10 Å². The van der Waals surface area contributed by atoms with E-state index in [9.17, 15) is 4.79 Å². The van der Waals surface area contributed by atoms with Crippen LogP contribution in [0.1, 0.15) is 33.6 Å². The first-order chi connectivity index (χ1) is 14.3. The number of rotatable bonds is 6. The molecule has 30 heavy (non-hydrogen) atoms. The van der Waals surface area contributed by atoms with Gasteiger partial charge < -0.3 is 14.4 Å². The lowest BCUT2D eigenvalue weighted by molar-refractivity contribution is 0.0137. The first-order valence-electron chi connectivity index (χ1n) is 10.6. The molecule has 2 heterocycles. The molecule has 1 amide bonds. The molecule has 4 rings (SSSR count). The molecule has 1 saturated heterocycles. The highest BCUT2D eigenvalue weighted by molar-refractivity contribution is 9.10. The number of amides is 1. The molecule has 2 aromatic rings. The summed E-state index contributed by atoms with van der Waals surface area (Å²) in [5, 5.41) is 8.64. The highest BCUT2D eigenvalue weighted by atomic mass is 79.9. The fraction of sp³-hybridized carbons (Fsp3) is 0.667. The molecule has 8 nitrogen and oxygen atoms in total. The Kier molecular flexibility index (Phi) is 6.20. The number of fused-ring (bicyclic) bond motifs is 1. The molecule has 2 fully saturated rings. The topological polar surface area (TPSA) is 72.7 Å². The summed E-state index contributed by atoms with van der Waals surface area (Å²) >= 11 is 3.64. The summed E-state index contributed by atoms with van der Waals surface area (Å²) in [5.41, 5.74) is 1.43. The first-order valence-corrected chi connectivity index (χ1v) is 11.4. The molecule has 0 radical (unpaired) electrons. The zero-order valence-corrected chi connectivity index (χ0v) is 19.5. The Balaban J connectivity index is 1.25. The van der Waals surface area contributed by atoms with Gasteiger partial charge in [0, 0.05) is 39.3 Å². The number of aromatic nitrogens is 3. The number of hydrogen-bond acceptors (Lipinski definition) is 6. The van der Waals surface area contributed by atoms with Gasteiger partial charge in [0.1, 0.15) is 23.5 Å². The van der Waals surface area contributed by atoms with Gasteiger partial charge in [0.2, 0.25) is 0 Å². The van der Waals surface area contributed by atoms with Crippen LogP contribution < -0.4 is 4.74 Å². The minimum Gasteiger partial charge on any atom is -0.491 e. The number of halogens is 1. The number of carbonyl (C=O) groups excluding carboxylic acids is 1. The quantitative estimate of drug-likeness (QED) is 0.630. The fourth-order valence-corrected chi connectivity index (χ4v) is 4.07. The highest BCUT2D eigenvalue weighted by Gasteiger charge is 2.26. The van der Waals surface area contributed by atoms with Crippen LogP contribution in [0.25, 0.3) is 11.0 Å². The van der Waals surface area contributed by atoms with Crippen LogP contribution in [0.3, 0.4) is 0 Å². The van der Waals surface area contributed by atoms with E-state index in [1.165, 1.54) is 12.8 Å². The van der Waals surface area contributed by atoms with Crippen molar-refractivity contribution in [2.24, 2.45) is 5.92 Å². The van der Waals surface area contributed by atoms with Crippen LogP contribution in [0, 0.1) is 5.92 Å². The summed E-state index contributed by atoms with van der Waals surface area (Å²) < 4.78 is 14.3. The van der Waals surface area contributed by atoms with E-state index in [1.54, 1.807) is 4.90 Å². The molecule has 1 aromatic carbocycles. The van der Waals surface area contributed by atoms with Crippen LogP contribution in [-0.2, 0) is 11.3 Å². The second kappa shape index (κ2) is 8.70. The van der Waals surface area contributed by atoms with Gasteiger partial charge in [-0.3, -0.25) is 4.90 Å². The third kappa shape index (κ3) is 5.24. The zero-order chi connectivity index (χ0) is 21.3. The van der Waals surface area contributed by atoms with Gasteiger partial charge in [0.15, 0.2) is 0 Å². The van der Waals surface area contributed by atoms with Crippen molar-refractivity contribution in [3.63, 3.8) is 0 Å². The Labute approximate surface area is 185 Å². The number of benzene rings is 1. The normalized spacial score (nSPS) is 18.1. The molecule has 2 aliphatic rings. The van der Waals surface area contributed by atoms with Gasteiger partial charge >= 0.3 is 6.09 Å². The van der Waals surface area contributed by atoms with Crippen molar-refractivity contribution in [1.29, 1.82) is 0 Å². The number of hydrogen-bond donors (Lipinski definition) is 0. The largest absolute Gasteiger partial charge is 0.491 e. The molecule has 9 heteroatoms. The van der Waals surface area contributed by atoms with Gasteiger partial charge in [-0.05, 0) is 67.6 Å². The molecule has 0 spiro atoms. The van der Waals surface area contributed by atoms with E-state index in [-0.39, 0.29) is 6.09 Å². The summed E-state index contributed by atoms with van der Waals surface area (Å²) in [6, 6.07) is 4.02. The third-order valence-corrected chi connectivity index (χ3v) is 6.17. The molecular weight excluding hydrogens is 450 g/mol. The van der Waals surface area contributed by atoms with E-state index >= 15 is 0 Å². The monoisotopic (exact) mass is 479 g/mol. The number of ether oxygens (including phenoxy) is 2. The van der Waals surface area contributed by atoms with Gasteiger partial charge in [-0.2, -0.15) is 0 Å². The third-order valence-electron chi connectivity index (χ3n) is 5.41. The molecule has 0 bridgehead atoms. The molecule has 164 valence electrons. The van der Waals surface area contributed by atoms with Crippen molar-refractivity contribution in [3.8, 4) is 5.75 Å². The highest BCUT2D eigenvalue weighted by Crippen LogP contribution is 2.34. The zero-order valence-electron chi connectivity index (χ0n) is 17.9. The van der Waals surface area contributed by atoms with Crippen LogP contribution >= 0.6 is 15.9 Å². The molecule has 1 aliphatic heterocycles. The average Bonchev–Trinajstić information content (AvgIpc) is 3.41. The SMILES string of the molecule is CC(C)(C)OC(=O)N1CCN(CCOc2ccc3c(nnn3CC3CC3)c2Br)CC1. The lowest BCUT2D eigenvalue weighted by atomic mass is 10.2. The van der Waals surface area contributed by atoms with Crippen LogP contribution in [0.4, 0.5) is 4.79 Å². The second-order valence-corrected chi connectivity index (χ2v) is 9.91. The van der Waals surface area contributed by atoms with Crippen LogP contribution in [0.2, 0.25) is 0 Å². The van der Waals surface area contributed by atoms with Crippen molar-refractivity contribution in [3.05, 3.63) is 16.6 Å². The van der Waals surface area contributed by atoms with Crippen molar-refractivity contribution in [2.75, 3.05) is 39.3 Å². The van der Waals surface area contributed by atoms with Gasteiger partial charge in [0.25, 0.3) is 0 Å². The summed E-state index contributed by atoms with van der Waals surface area (Å²) in [6.07, 6.45) is 2.34. The standard InChI is InChI=1S/C21H30BrN5O3/c1-21(2,3)30-20(28)26-10-8-25(9-11-26)12-13-29-17-7-6-16-19(18(17)22)23-24-27(16)14-15-4-5-15/h6-7,15H,4-5,8-14H2,1-3H3. The van der Waals surface area contributed by atoms with E-state index in [0.717, 1.165) is 53.4 Å².